The van der Waals surface area contributed by atoms with Crippen LogP contribution in [0.2, 0.25) is 0 Å². The number of nitrogens with one attached hydrogen (secondary N) is 3. The van der Waals surface area contributed by atoms with Crippen molar-refractivity contribution in [2.75, 3.05) is 16.0 Å². The van der Waals surface area contributed by atoms with Crippen LogP contribution in [-0.4, -0.2) is 39.1 Å². The highest BCUT2D eigenvalue weighted by molar-refractivity contribution is 5.99. The average molecular weight is 516 g/mol. The van der Waals surface area contributed by atoms with E-state index in [0.29, 0.717) is 12.1 Å². The van der Waals surface area contributed by atoms with Gasteiger partial charge in [-0.1, -0.05) is 12.1 Å². The highest BCUT2D eigenvalue weighted by Crippen LogP contribution is 2.37. The van der Waals surface area contributed by atoms with Gasteiger partial charge in [-0.15, -0.1) is 0 Å². The fourth-order valence-corrected chi connectivity index (χ4v) is 3.27. The Balaban J connectivity index is 1.44. The molecule has 0 bridgehead atoms. The lowest BCUT2D eigenvalue weighted by Crippen LogP contribution is -2.43. The summed E-state index contributed by atoms with van der Waals surface area (Å²) in [5.41, 5.74) is 1.15. The van der Waals surface area contributed by atoms with E-state index in [-0.39, 0.29) is 35.4 Å². The molecule has 0 saturated carbocycles. The first-order chi connectivity index (χ1) is 17.4. The molecule has 0 radical (unpaired) electrons. The van der Waals surface area contributed by atoms with Crippen molar-refractivity contribution < 1.29 is 32.3 Å². The number of amides is 2. The fourth-order valence-electron chi connectivity index (χ4n) is 3.27. The molecule has 3 aromatic rings. The molecule has 0 spiro atoms. The van der Waals surface area contributed by atoms with Gasteiger partial charge in [-0.05, 0) is 56.7 Å². The number of anilines is 5. The van der Waals surface area contributed by atoms with Crippen molar-refractivity contribution in [3.05, 3.63) is 60.0 Å². The van der Waals surface area contributed by atoms with Crippen molar-refractivity contribution in [2.45, 2.75) is 39.0 Å². The van der Waals surface area contributed by atoms with Gasteiger partial charge in [0.15, 0.2) is 17.4 Å². The van der Waals surface area contributed by atoms with Crippen molar-refractivity contribution in [3.8, 4) is 5.75 Å². The maximum Gasteiger partial charge on any atom is 0.482 e. The summed E-state index contributed by atoms with van der Waals surface area (Å²) in [5.74, 6) is -2.72. The maximum atomic E-state index is 14.4. The Labute approximate surface area is 209 Å². The Morgan fingerprint density at radius 2 is 1.84 bits per heavy atom. The molecular weight excluding hydrogens is 493 g/mol. The zero-order chi connectivity index (χ0) is 26.8. The smallest absolute Gasteiger partial charge is 0.423 e. The lowest BCUT2D eigenvalue weighted by molar-refractivity contribution is -0.220. The minimum absolute atomic E-state index is 0.00475. The van der Waals surface area contributed by atoms with E-state index in [2.05, 4.69) is 25.3 Å². The fraction of sp³-hybridized carbons (Fsp3) is 0.250. The van der Waals surface area contributed by atoms with Crippen LogP contribution in [0, 0.1) is 5.82 Å². The van der Waals surface area contributed by atoms with Gasteiger partial charge in [0, 0.05) is 11.4 Å². The van der Waals surface area contributed by atoms with Gasteiger partial charge >= 0.3 is 12.0 Å². The molecule has 4 rings (SSSR count). The highest BCUT2D eigenvalue weighted by atomic mass is 19.3. The van der Waals surface area contributed by atoms with E-state index >= 15 is 0 Å². The molecule has 0 unspecified atom stereocenters. The maximum absolute atomic E-state index is 14.4. The number of benzene rings is 2. The Morgan fingerprint density at radius 3 is 2.51 bits per heavy atom. The van der Waals surface area contributed by atoms with Gasteiger partial charge in [-0.2, -0.15) is 13.8 Å². The number of hydrogen-bond acceptors (Lipinski definition) is 8. The molecule has 1 aromatic heterocycles. The van der Waals surface area contributed by atoms with E-state index in [1.54, 1.807) is 24.3 Å². The van der Waals surface area contributed by atoms with Crippen molar-refractivity contribution in [3.63, 3.8) is 0 Å². The molecule has 1 aliphatic heterocycles. The monoisotopic (exact) mass is 516 g/mol. The summed E-state index contributed by atoms with van der Waals surface area (Å²) in [6.07, 6.45) is -2.41. The number of alkyl halides is 2. The Bertz CT molecular complexity index is 1310. The molecule has 0 aliphatic carbocycles. The molecule has 13 heteroatoms. The summed E-state index contributed by atoms with van der Waals surface area (Å²) in [6.45, 7) is 5.75. The van der Waals surface area contributed by atoms with Crippen molar-refractivity contribution in [1.29, 1.82) is 0 Å². The number of carbonyl (C=O) groups excluding carboxylic acids is 2. The van der Waals surface area contributed by atoms with Crippen LogP contribution in [0.4, 0.5) is 42.0 Å². The number of nitrogens with zero attached hydrogens (tertiary/aromatic N) is 3. The number of fused-ring (bicyclic) bond motifs is 1. The minimum atomic E-state index is -3.98. The molecule has 2 amide bonds. The molecule has 3 N–H and O–H groups in total. The van der Waals surface area contributed by atoms with E-state index in [4.69, 9.17) is 4.84 Å². The molecule has 194 valence electrons. The summed E-state index contributed by atoms with van der Waals surface area (Å²) in [5, 5.41) is 8.92. The van der Waals surface area contributed by atoms with Crippen LogP contribution in [-0.2, 0) is 21.0 Å². The molecule has 0 atom stereocenters. The molecule has 37 heavy (non-hydrogen) atoms. The Hall–Kier alpha value is -4.39. The second-order valence-corrected chi connectivity index (χ2v) is 9.01. The third-order valence-corrected chi connectivity index (χ3v) is 4.79. The van der Waals surface area contributed by atoms with Crippen molar-refractivity contribution in [2.24, 2.45) is 0 Å². The van der Waals surface area contributed by atoms with Crippen LogP contribution >= 0.6 is 0 Å². The largest absolute Gasteiger partial charge is 0.482 e. The van der Waals surface area contributed by atoms with E-state index in [1.807, 2.05) is 26.1 Å². The predicted octanol–water partition coefficient (Wildman–Crippen LogP) is 4.72. The summed E-state index contributed by atoms with van der Waals surface area (Å²) >= 11 is 0. The summed E-state index contributed by atoms with van der Waals surface area (Å²) in [7, 11) is 0. The molecule has 0 fully saturated rings. The number of halogens is 3. The van der Waals surface area contributed by atoms with Crippen LogP contribution in [0.25, 0.3) is 0 Å². The minimum Gasteiger partial charge on any atom is -0.423 e. The van der Waals surface area contributed by atoms with Crippen LogP contribution in [0.1, 0.15) is 26.3 Å². The first kappa shape index (κ1) is 25.7. The van der Waals surface area contributed by atoms with Gasteiger partial charge in [0.05, 0.1) is 24.0 Å². The lowest BCUT2D eigenvalue weighted by Gasteiger charge is -2.26. The summed E-state index contributed by atoms with van der Waals surface area (Å²) in [4.78, 5) is 36.3. The number of aromatic nitrogens is 2. The van der Waals surface area contributed by atoms with E-state index < -0.39 is 23.4 Å². The zero-order valence-corrected chi connectivity index (χ0v) is 20.0. The second kappa shape index (κ2) is 9.93. The Morgan fingerprint density at radius 1 is 1.14 bits per heavy atom. The molecule has 1 aliphatic rings. The lowest BCUT2D eigenvalue weighted by atomic mass is 10.2. The third kappa shape index (κ3) is 6.44. The van der Waals surface area contributed by atoms with E-state index in [0.717, 1.165) is 11.8 Å². The summed E-state index contributed by atoms with van der Waals surface area (Å²) in [6, 6.07) is 10.9. The highest BCUT2D eigenvalue weighted by Gasteiger charge is 2.46. The van der Waals surface area contributed by atoms with Crippen LogP contribution in [0.5, 0.6) is 5.75 Å². The standard InChI is InChI=1S/C24H23F3N6O4/c1-23(2,3)37-33(13-34)12-14-4-6-15(7-5-14)30-22-28-11-17(25)20(32-22)29-16-8-9-19-18(10-16)31-21(35)24(26,27)36-19/h4-11,13H,12H2,1-3H3,(H,31,35)(H2,28,29,30,32). The Kier molecular flexibility index (Phi) is 6.90. The van der Waals surface area contributed by atoms with Crippen LogP contribution < -0.4 is 20.7 Å². The predicted molar refractivity (Wildman–Crippen MR) is 128 cm³/mol. The number of ether oxygens (including phenoxy) is 1. The topological polar surface area (TPSA) is 118 Å². The van der Waals surface area contributed by atoms with Crippen LogP contribution in [0.3, 0.4) is 0 Å². The quantitative estimate of drug-likeness (QED) is 0.291. The first-order valence-corrected chi connectivity index (χ1v) is 11.0. The molecule has 0 saturated heterocycles. The second-order valence-electron chi connectivity index (χ2n) is 9.01. The average Bonchev–Trinajstić information content (AvgIpc) is 2.82. The van der Waals surface area contributed by atoms with Gasteiger partial charge in [0.25, 0.3) is 0 Å². The van der Waals surface area contributed by atoms with Gasteiger partial charge in [0.1, 0.15) is 0 Å². The normalized spacial score (nSPS) is 14.2. The van der Waals surface area contributed by atoms with Crippen molar-refractivity contribution >= 4 is 41.1 Å². The van der Waals surface area contributed by atoms with Gasteiger partial charge < -0.3 is 20.7 Å². The summed E-state index contributed by atoms with van der Waals surface area (Å²) < 4.78 is 45.6. The number of hydroxylamine groups is 2. The van der Waals surface area contributed by atoms with E-state index in [1.165, 1.54) is 23.3 Å². The number of hydrogen-bond donors (Lipinski definition) is 3. The third-order valence-electron chi connectivity index (χ3n) is 4.79. The molecule has 2 aromatic carbocycles. The number of carbonyl (C=O) groups is 2. The molecular formula is C24H23F3N6O4. The zero-order valence-electron chi connectivity index (χ0n) is 20.0. The first-order valence-electron chi connectivity index (χ1n) is 11.0. The van der Waals surface area contributed by atoms with Gasteiger partial charge in [-0.3, -0.25) is 14.4 Å². The van der Waals surface area contributed by atoms with Gasteiger partial charge in [0.2, 0.25) is 12.4 Å². The number of rotatable bonds is 8. The SMILES string of the molecule is CC(C)(C)ON(C=O)Cc1ccc(Nc2ncc(F)c(Nc3ccc4c(c3)NC(=O)C(F)(F)O4)n2)cc1. The molecule has 10 nitrogen and oxygen atoms in total. The van der Waals surface area contributed by atoms with E-state index in [9.17, 15) is 22.8 Å². The van der Waals surface area contributed by atoms with Crippen LogP contribution in [0.15, 0.2) is 48.7 Å². The van der Waals surface area contributed by atoms with Gasteiger partial charge in [-0.25, -0.2) is 14.4 Å². The molecule has 2 heterocycles. The van der Waals surface area contributed by atoms with Crippen molar-refractivity contribution in [1.82, 2.24) is 15.0 Å².